The summed E-state index contributed by atoms with van der Waals surface area (Å²) in [5, 5.41) is 0.603. The molecule has 84 valence electrons. The van der Waals surface area contributed by atoms with Crippen LogP contribution < -0.4 is 0 Å². The molecule has 0 saturated carbocycles. The van der Waals surface area contributed by atoms with Crippen LogP contribution in [0.1, 0.15) is 20.8 Å². The van der Waals surface area contributed by atoms with Crippen LogP contribution in [0.3, 0.4) is 0 Å². The summed E-state index contributed by atoms with van der Waals surface area (Å²) in [5.41, 5.74) is 0. The summed E-state index contributed by atoms with van der Waals surface area (Å²) in [4.78, 5) is 0.199. The van der Waals surface area contributed by atoms with Gasteiger partial charge in [0.1, 0.15) is 0 Å². The van der Waals surface area contributed by atoms with E-state index < -0.39 is 14.6 Å². The van der Waals surface area contributed by atoms with Crippen LogP contribution in [0.15, 0.2) is 23.1 Å². The fourth-order valence-electron chi connectivity index (χ4n) is 0.998. The molecule has 1 aromatic rings. The van der Waals surface area contributed by atoms with E-state index in [0.29, 0.717) is 5.02 Å². The average molecular weight is 267 g/mol. The van der Waals surface area contributed by atoms with Crippen LogP contribution in [-0.4, -0.2) is 13.2 Å². The van der Waals surface area contributed by atoms with Gasteiger partial charge in [0.25, 0.3) is 0 Å². The van der Waals surface area contributed by atoms with Crippen molar-refractivity contribution in [2.75, 3.05) is 0 Å². The van der Waals surface area contributed by atoms with Crippen LogP contribution in [0.4, 0.5) is 0 Å². The van der Waals surface area contributed by atoms with Gasteiger partial charge in [-0.05, 0) is 39.0 Å². The molecular formula is C10H12Cl2O2S. The minimum atomic E-state index is -3.36. The Hall–Kier alpha value is -0.250. The molecule has 0 amide bonds. The van der Waals surface area contributed by atoms with E-state index in [0.717, 1.165) is 0 Å². The highest BCUT2D eigenvalue weighted by Crippen LogP contribution is 2.30. The van der Waals surface area contributed by atoms with Crippen molar-refractivity contribution in [1.82, 2.24) is 0 Å². The van der Waals surface area contributed by atoms with E-state index in [1.165, 1.54) is 18.2 Å². The van der Waals surface area contributed by atoms with E-state index in [-0.39, 0.29) is 9.92 Å². The fourth-order valence-corrected chi connectivity index (χ4v) is 2.59. The minimum Gasteiger partial charge on any atom is -0.223 e. The third-order valence-electron chi connectivity index (χ3n) is 2.01. The van der Waals surface area contributed by atoms with Crippen LogP contribution >= 0.6 is 23.2 Å². The Bertz CT molecular complexity index is 473. The van der Waals surface area contributed by atoms with E-state index in [1.807, 2.05) is 0 Å². The summed E-state index contributed by atoms with van der Waals surface area (Å²) in [5.74, 6) is 0. The summed E-state index contributed by atoms with van der Waals surface area (Å²) < 4.78 is 23.2. The lowest BCUT2D eigenvalue weighted by Gasteiger charge is -2.19. The summed E-state index contributed by atoms with van der Waals surface area (Å²) in [7, 11) is -3.36. The van der Waals surface area contributed by atoms with Crippen molar-refractivity contribution >= 4 is 33.0 Å². The number of hydrogen-bond acceptors (Lipinski definition) is 2. The highest BCUT2D eigenvalue weighted by atomic mass is 35.5. The van der Waals surface area contributed by atoms with Gasteiger partial charge in [0, 0.05) is 0 Å². The van der Waals surface area contributed by atoms with Crippen molar-refractivity contribution in [3.8, 4) is 0 Å². The summed E-state index contributed by atoms with van der Waals surface area (Å²) in [6.45, 7) is 4.93. The van der Waals surface area contributed by atoms with Gasteiger partial charge in [0.05, 0.1) is 19.7 Å². The second-order valence-corrected chi connectivity index (χ2v) is 7.71. The fraction of sp³-hybridized carbons (Fsp3) is 0.400. The molecule has 0 saturated heterocycles. The van der Waals surface area contributed by atoms with Gasteiger partial charge in [-0.15, -0.1) is 0 Å². The first kappa shape index (κ1) is 12.8. The first-order chi connectivity index (χ1) is 6.66. The van der Waals surface area contributed by atoms with Crippen molar-refractivity contribution in [3.05, 3.63) is 28.2 Å². The van der Waals surface area contributed by atoms with Crippen LogP contribution in [0, 0.1) is 0 Å². The van der Waals surface area contributed by atoms with Crippen LogP contribution in [0.2, 0.25) is 10.0 Å². The maximum atomic E-state index is 12.0. The first-order valence-corrected chi connectivity index (χ1v) is 6.60. The molecule has 0 atom stereocenters. The minimum absolute atomic E-state index is 0.199. The van der Waals surface area contributed by atoms with E-state index in [2.05, 4.69) is 0 Å². The normalized spacial score (nSPS) is 12.9. The molecule has 0 bridgehead atoms. The molecule has 0 spiro atoms. The second-order valence-electron chi connectivity index (χ2n) is 4.19. The average Bonchev–Trinajstić information content (AvgIpc) is 2.07. The first-order valence-electron chi connectivity index (χ1n) is 4.36. The summed E-state index contributed by atoms with van der Waals surface area (Å²) in [6.07, 6.45) is 0. The highest BCUT2D eigenvalue weighted by Gasteiger charge is 2.31. The van der Waals surface area contributed by atoms with Gasteiger partial charge in [-0.25, -0.2) is 8.42 Å². The van der Waals surface area contributed by atoms with Gasteiger partial charge in [-0.2, -0.15) is 0 Å². The molecule has 0 radical (unpaired) electrons. The van der Waals surface area contributed by atoms with Crippen molar-refractivity contribution in [2.24, 2.45) is 0 Å². The standard InChI is InChI=1S/C10H12Cl2O2S/c1-10(2,3)15(13,14)7-4-5-8(11)9(12)6-7/h4-6H,1-3H3. The van der Waals surface area contributed by atoms with Gasteiger partial charge < -0.3 is 0 Å². The van der Waals surface area contributed by atoms with Crippen molar-refractivity contribution < 1.29 is 8.42 Å². The third-order valence-corrected chi connectivity index (χ3v) is 5.23. The quantitative estimate of drug-likeness (QED) is 0.779. The zero-order chi connectivity index (χ0) is 11.9. The number of hydrogen-bond donors (Lipinski definition) is 0. The molecule has 0 aromatic heterocycles. The number of sulfone groups is 1. The zero-order valence-corrected chi connectivity index (χ0v) is 11.0. The lowest BCUT2D eigenvalue weighted by Crippen LogP contribution is -2.27. The van der Waals surface area contributed by atoms with Crippen molar-refractivity contribution in [2.45, 2.75) is 30.4 Å². The lowest BCUT2D eigenvalue weighted by molar-refractivity contribution is 0.560. The summed E-state index contributed by atoms with van der Waals surface area (Å²) in [6, 6.07) is 4.34. The molecule has 0 aliphatic carbocycles. The van der Waals surface area contributed by atoms with Crippen molar-refractivity contribution in [3.63, 3.8) is 0 Å². The third kappa shape index (κ3) is 2.47. The molecule has 1 rings (SSSR count). The van der Waals surface area contributed by atoms with Gasteiger partial charge >= 0.3 is 0 Å². The molecule has 2 nitrogen and oxygen atoms in total. The lowest BCUT2D eigenvalue weighted by atomic mass is 10.3. The summed E-state index contributed by atoms with van der Waals surface area (Å²) >= 11 is 11.5. The van der Waals surface area contributed by atoms with E-state index in [4.69, 9.17) is 23.2 Å². The van der Waals surface area contributed by atoms with E-state index >= 15 is 0 Å². The SMILES string of the molecule is CC(C)(C)S(=O)(=O)c1ccc(Cl)c(Cl)c1. The van der Waals surface area contributed by atoms with E-state index in [1.54, 1.807) is 20.8 Å². The molecule has 15 heavy (non-hydrogen) atoms. The molecule has 0 N–H and O–H groups in total. The zero-order valence-electron chi connectivity index (χ0n) is 8.71. The molecule has 0 heterocycles. The maximum Gasteiger partial charge on any atom is 0.183 e. The number of halogens is 2. The highest BCUT2D eigenvalue weighted by molar-refractivity contribution is 7.92. The number of benzene rings is 1. The van der Waals surface area contributed by atoms with Gasteiger partial charge in [0.2, 0.25) is 0 Å². The van der Waals surface area contributed by atoms with Gasteiger partial charge in [-0.3, -0.25) is 0 Å². The smallest absolute Gasteiger partial charge is 0.183 e. The molecule has 1 aromatic carbocycles. The van der Waals surface area contributed by atoms with Gasteiger partial charge in [0.15, 0.2) is 9.84 Å². The largest absolute Gasteiger partial charge is 0.223 e. The van der Waals surface area contributed by atoms with Crippen LogP contribution in [0.25, 0.3) is 0 Å². The Kier molecular flexibility index (Phi) is 3.39. The Balaban J connectivity index is 3.36. The molecule has 0 fully saturated rings. The molecule has 0 unspecified atom stereocenters. The monoisotopic (exact) mass is 266 g/mol. The van der Waals surface area contributed by atoms with Crippen LogP contribution in [0.5, 0.6) is 0 Å². The maximum absolute atomic E-state index is 12.0. The second kappa shape index (κ2) is 3.96. The van der Waals surface area contributed by atoms with Crippen LogP contribution in [-0.2, 0) is 9.84 Å². The van der Waals surface area contributed by atoms with E-state index in [9.17, 15) is 8.42 Å². The Morgan fingerprint density at radius 1 is 1.07 bits per heavy atom. The Morgan fingerprint density at radius 2 is 1.60 bits per heavy atom. The van der Waals surface area contributed by atoms with Crippen molar-refractivity contribution in [1.29, 1.82) is 0 Å². The molecule has 0 aliphatic heterocycles. The predicted octanol–water partition coefficient (Wildman–Crippen LogP) is 3.57. The molecular weight excluding hydrogens is 255 g/mol. The Labute approximate surface area is 100 Å². The van der Waals surface area contributed by atoms with Gasteiger partial charge in [-0.1, -0.05) is 23.2 Å². The molecule has 0 aliphatic rings. The molecule has 5 heteroatoms. The number of rotatable bonds is 1. The Morgan fingerprint density at radius 3 is 2.00 bits per heavy atom. The topological polar surface area (TPSA) is 34.1 Å². The predicted molar refractivity (Wildman–Crippen MR) is 63.4 cm³/mol.